The molecule has 0 bridgehead atoms. The zero-order chi connectivity index (χ0) is 5.98. The second kappa shape index (κ2) is 2.13. The molecule has 1 aliphatic rings. The van der Waals surface area contributed by atoms with Crippen molar-refractivity contribution in [1.29, 1.82) is 0 Å². The summed E-state index contributed by atoms with van der Waals surface area (Å²) in [6, 6.07) is 0. The third-order valence-corrected chi connectivity index (χ3v) is 1.51. The zero-order valence-electron chi connectivity index (χ0n) is 4.85. The number of likely N-dealkylation sites (tertiary alicyclic amines) is 1. The van der Waals surface area contributed by atoms with E-state index in [1.807, 2.05) is 7.05 Å². The molecule has 3 heteroatoms. The van der Waals surface area contributed by atoms with Crippen LogP contribution in [0.15, 0.2) is 0 Å². The van der Waals surface area contributed by atoms with Gasteiger partial charge in [0.1, 0.15) is 0 Å². The fraction of sp³-hybridized carbons (Fsp3) is 0.800. The van der Waals surface area contributed by atoms with Crippen LogP contribution in [0.2, 0.25) is 0 Å². The number of nitrogens with zero attached hydrogens (tertiary/aromatic N) is 1. The minimum Gasteiger partial charge on any atom is -0.332 e. The quantitative estimate of drug-likeness (QED) is 0.480. The molecule has 0 aliphatic carbocycles. The highest BCUT2D eigenvalue weighted by Gasteiger charge is 2.22. The van der Waals surface area contributed by atoms with Crippen LogP contribution in [-0.2, 0) is 4.79 Å². The predicted octanol–water partition coefficient (Wildman–Crippen LogP) is -0.695. The first-order valence-electron chi connectivity index (χ1n) is 2.67. The molecule has 0 aromatic rings. The Labute approximate surface area is 48.7 Å². The van der Waals surface area contributed by atoms with E-state index < -0.39 is 0 Å². The number of amides is 1. The maximum Gasteiger partial charge on any atom is 0.310 e. The Morgan fingerprint density at radius 2 is 2.62 bits per heavy atom. The van der Waals surface area contributed by atoms with Gasteiger partial charge in [-0.15, -0.1) is 0 Å². The van der Waals surface area contributed by atoms with Crippen molar-refractivity contribution in [2.45, 2.75) is 12.6 Å². The van der Waals surface area contributed by atoms with Crippen LogP contribution in [-0.4, -0.2) is 31.1 Å². The van der Waals surface area contributed by atoms with Crippen LogP contribution in [0.5, 0.6) is 0 Å². The lowest BCUT2D eigenvalue weighted by molar-refractivity contribution is 0.113. The van der Waals surface area contributed by atoms with Crippen molar-refractivity contribution in [2.75, 3.05) is 13.6 Å². The molecule has 1 fully saturated rings. The molecule has 1 heterocycles. The summed E-state index contributed by atoms with van der Waals surface area (Å²) in [5, 5.41) is 2.55. The third-order valence-electron chi connectivity index (χ3n) is 1.51. The second-order valence-electron chi connectivity index (χ2n) is 2.03. The first kappa shape index (κ1) is 5.56. The second-order valence-corrected chi connectivity index (χ2v) is 2.03. The Bertz CT molecular complexity index is 94.4. The Balaban J connectivity index is 2.16. The standard InChI is InChI=1S/C5H9N2O/c1-7-3-2-5(7)6-4-8/h5H,2-3H2,1H3,(H,6,8). The molecular formula is C5H9N2O. The lowest BCUT2D eigenvalue weighted by Gasteiger charge is -2.36. The van der Waals surface area contributed by atoms with Gasteiger partial charge in [0.05, 0.1) is 6.17 Å². The van der Waals surface area contributed by atoms with Gasteiger partial charge < -0.3 is 5.32 Å². The fourth-order valence-corrected chi connectivity index (χ4v) is 0.767. The predicted molar refractivity (Wildman–Crippen MR) is 29.9 cm³/mol. The average Bonchev–Trinajstić information content (AvgIpc) is 1.79. The van der Waals surface area contributed by atoms with Crippen LogP contribution in [0.1, 0.15) is 6.42 Å². The number of carbonyl (C=O) groups excluding carboxylic acids is 1. The fourth-order valence-electron chi connectivity index (χ4n) is 0.767. The normalized spacial score (nSPS) is 28.9. The van der Waals surface area contributed by atoms with Crippen molar-refractivity contribution in [2.24, 2.45) is 0 Å². The van der Waals surface area contributed by atoms with E-state index in [1.54, 1.807) is 6.41 Å². The molecule has 1 saturated heterocycles. The maximum atomic E-state index is 9.69. The van der Waals surface area contributed by atoms with Gasteiger partial charge in [0.2, 0.25) is 0 Å². The topological polar surface area (TPSA) is 32.3 Å². The highest BCUT2D eigenvalue weighted by atomic mass is 16.1. The average molecular weight is 113 g/mol. The van der Waals surface area contributed by atoms with Crippen molar-refractivity contribution in [1.82, 2.24) is 10.2 Å². The number of rotatable bonds is 2. The molecule has 1 rings (SSSR count). The van der Waals surface area contributed by atoms with E-state index >= 15 is 0 Å². The lowest BCUT2D eigenvalue weighted by Crippen LogP contribution is -2.53. The van der Waals surface area contributed by atoms with Gasteiger partial charge in [0.25, 0.3) is 0 Å². The van der Waals surface area contributed by atoms with Gasteiger partial charge in [-0.3, -0.25) is 9.69 Å². The van der Waals surface area contributed by atoms with Gasteiger partial charge >= 0.3 is 6.41 Å². The molecular weight excluding hydrogens is 104 g/mol. The minimum absolute atomic E-state index is 0.257. The van der Waals surface area contributed by atoms with E-state index in [4.69, 9.17) is 0 Å². The summed E-state index contributed by atoms with van der Waals surface area (Å²) in [5.41, 5.74) is 0. The van der Waals surface area contributed by atoms with Crippen LogP contribution in [0.25, 0.3) is 0 Å². The number of nitrogens with one attached hydrogen (secondary N) is 1. The monoisotopic (exact) mass is 113 g/mol. The van der Waals surface area contributed by atoms with Crippen molar-refractivity contribution in [3.8, 4) is 0 Å². The smallest absolute Gasteiger partial charge is 0.310 e. The molecule has 3 nitrogen and oxygen atoms in total. The van der Waals surface area contributed by atoms with E-state index in [-0.39, 0.29) is 6.17 Å². The van der Waals surface area contributed by atoms with Crippen molar-refractivity contribution in [3.05, 3.63) is 0 Å². The number of hydrogen-bond donors (Lipinski definition) is 1. The molecule has 0 spiro atoms. The van der Waals surface area contributed by atoms with E-state index in [9.17, 15) is 4.79 Å². The van der Waals surface area contributed by atoms with Gasteiger partial charge in [-0.2, -0.15) is 0 Å². The molecule has 45 valence electrons. The van der Waals surface area contributed by atoms with E-state index in [0.29, 0.717) is 0 Å². The molecule has 0 aromatic heterocycles. The molecule has 8 heavy (non-hydrogen) atoms. The molecule has 1 unspecified atom stereocenters. The van der Waals surface area contributed by atoms with Gasteiger partial charge in [0, 0.05) is 6.54 Å². The highest BCUT2D eigenvalue weighted by Crippen LogP contribution is 2.09. The molecule has 1 radical (unpaired) electrons. The van der Waals surface area contributed by atoms with Crippen LogP contribution in [0.4, 0.5) is 0 Å². The minimum atomic E-state index is 0.257. The molecule has 1 aliphatic heterocycles. The Morgan fingerprint density at radius 1 is 1.88 bits per heavy atom. The van der Waals surface area contributed by atoms with Crippen LogP contribution >= 0.6 is 0 Å². The maximum absolute atomic E-state index is 9.69. The highest BCUT2D eigenvalue weighted by molar-refractivity contribution is 5.47. The van der Waals surface area contributed by atoms with Crippen molar-refractivity contribution in [3.63, 3.8) is 0 Å². The molecule has 1 atom stereocenters. The van der Waals surface area contributed by atoms with Crippen LogP contribution < -0.4 is 5.32 Å². The SMILES string of the molecule is CN1CCC1N[C]=O. The molecule has 0 saturated carbocycles. The summed E-state index contributed by atoms with van der Waals surface area (Å²) in [6.45, 7) is 1.08. The van der Waals surface area contributed by atoms with E-state index in [2.05, 4.69) is 10.2 Å². The first-order chi connectivity index (χ1) is 3.84. The first-order valence-corrected chi connectivity index (χ1v) is 2.67. The summed E-state index contributed by atoms with van der Waals surface area (Å²) in [4.78, 5) is 11.8. The lowest BCUT2D eigenvalue weighted by atomic mass is 10.2. The van der Waals surface area contributed by atoms with E-state index in [1.165, 1.54) is 0 Å². The zero-order valence-corrected chi connectivity index (χ0v) is 4.85. The summed E-state index contributed by atoms with van der Waals surface area (Å²) in [6.07, 6.45) is 2.98. The Kier molecular flexibility index (Phi) is 1.48. The van der Waals surface area contributed by atoms with Gasteiger partial charge in [-0.1, -0.05) is 0 Å². The number of hydrogen-bond acceptors (Lipinski definition) is 2. The van der Waals surface area contributed by atoms with Crippen molar-refractivity contribution >= 4 is 6.41 Å². The van der Waals surface area contributed by atoms with Gasteiger partial charge in [-0.25, -0.2) is 0 Å². The Hall–Kier alpha value is -0.570. The van der Waals surface area contributed by atoms with E-state index in [0.717, 1.165) is 13.0 Å². The van der Waals surface area contributed by atoms with Gasteiger partial charge in [0.15, 0.2) is 0 Å². The van der Waals surface area contributed by atoms with Crippen LogP contribution in [0, 0.1) is 0 Å². The van der Waals surface area contributed by atoms with Crippen LogP contribution in [0.3, 0.4) is 0 Å². The molecule has 1 amide bonds. The summed E-state index contributed by atoms with van der Waals surface area (Å²) >= 11 is 0. The summed E-state index contributed by atoms with van der Waals surface area (Å²) < 4.78 is 0. The largest absolute Gasteiger partial charge is 0.332 e. The Morgan fingerprint density at radius 3 is 2.75 bits per heavy atom. The van der Waals surface area contributed by atoms with Gasteiger partial charge in [-0.05, 0) is 13.5 Å². The summed E-state index contributed by atoms with van der Waals surface area (Å²) in [7, 11) is 1.97. The molecule has 1 N–H and O–H groups in total. The van der Waals surface area contributed by atoms with Crippen molar-refractivity contribution < 1.29 is 4.79 Å². The summed E-state index contributed by atoms with van der Waals surface area (Å²) in [5.74, 6) is 0. The molecule has 0 aromatic carbocycles. The third kappa shape index (κ3) is 0.816.